The lowest BCUT2D eigenvalue weighted by Crippen LogP contribution is -2.34. The summed E-state index contributed by atoms with van der Waals surface area (Å²) in [4.78, 5) is 32.0. The molecule has 0 atom stereocenters. The third-order valence-electron chi connectivity index (χ3n) is 5.41. The van der Waals surface area contributed by atoms with Crippen molar-refractivity contribution in [2.24, 2.45) is 0 Å². The number of nitrogens with zero attached hydrogens (tertiary/aromatic N) is 2. The van der Waals surface area contributed by atoms with Crippen LogP contribution in [0, 0.1) is 5.82 Å². The lowest BCUT2D eigenvalue weighted by molar-refractivity contribution is -0.118. The molecule has 0 saturated carbocycles. The first-order valence-corrected chi connectivity index (χ1v) is 11.2. The summed E-state index contributed by atoms with van der Waals surface area (Å²) in [6.07, 6.45) is 3.68. The molecule has 10 heteroatoms. The Morgan fingerprint density at radius 2 is 1.94 bits per heavy atom. The number of rotatable bonds is 8. The number of halogens is 1. The summed E-state index contributed by atoms with van der Waals surface area (Å²) < 4.78 is 20.8. The van der Waals surface area contributed by atoms with Gasteiger partial charge in [0.1, 0.15) is 23.2 Å². The maximum atomic E-state index is 14.6. The van der Waals surface area contributed by atoms with E-state index in [1.54, 1.807) is 12.3 Å². The standard InChI is InChI=1S/C24H27FN6O3/c1-15(32)27-11-12-28-23(33)19-6-5-17(13-20(19)25)30-24-29-14-16-3-2-4-21(22(16)31-24)34-18-7-9-26-10-8-18/h2-6,13-14,18,26H,7-12H2,1H3,(H,27,32)(H,28,33)(H,29,30,31). The SMILES string of the molecule is CC(=O)NCCNC(=O)c1ccc(Nc2ncc3cccc(OC4CCNCC4)c3n2)cc1F. The topological polar surface area (TPSA) is 117 Å². The van der Waals surface area contributed by atoms with Crippen molar-refractivity contribution in [2.45, 2.75) is 25.9 Å². The minimum atomic E-state index is -0.683. The third kappa shape index (κ3) is 5.96. The van der Waals surface area contributed by atoms with E-state index in [9.17, 15) is 14.0 Å². The van der Waals surface area contributed by atoms with Crippen LogP contribution in [0.1, 0.15) is 30.1 Å². The molecule has 34 heavy (non-hydrogen) atoms. The van der Waals surface area contributed by atoms with E-state index < -0.39 is 11.7 Å². The van der Waals surface area contributed by atoms with Crippen molar-refractivity contribution in [3.05, 3.63) is 54.0 Å². The van der Waals surface area contributed by atoms with Crippen molar-refractivity contribution in [3.8, 4) is 5.75 Å². The van der Waals surface area contributed by atoms with Gasteiger partial charge < -0.3 is 26.0 Å². The molecule has 178 valence electrons. The number of carbonyl (C=O) groups excluding carboxylic acids is 2. The van der Waals surface area contributed by atoms with Gasteiger partial charge in [-0.05, 0) is 50.2 Å². The van der Waals surface area contributed by atoms with Crippen LogP contribution in [0.3, 0.4) is 0 Å². The molecule has 0 spiro atoms. The molecule has 0 unspecified atom stereocenters. The predicted molar refractivity (Wildman–Crippen MR) is 127 cm³/mol. The third-order valence-corrected chi connectivity index (χ3v) is 5.41. The quantitative estimate of drug-likeness (QED) is 0.377. The van der Waals surface area contributed by atoms with E-state index in [1.165, 1.54) is 19.1 Å². The smallest absolute Gasteiger partial charge is 0.254 e. The fourth-order valence-electron chi connectivity index (χ4n) is 3.69. The average molecular weight is 467 g/mol. The Morgan fingerprint density at radius 1 is 1.15 bits per heavy atom. The molecule has 2 heterocycles. The molecule has 1 aliphatic heterocycles. The van der Waals surface area contributed by atoms with Gasteiger partial charge in [-0.15, -0.1) is 0 Å². The summed E-state index contributed by atoms with van der Waals surface area (Å²) in [6.45, 7) is 3.70. The summed E-state index contributed by atoms with van der Waals surface area (Å²) >= 11 is 0. The van der Waals surface area contributed by atoms with Gasteiger partial charge in [0.2, 0.25) is 11.9 Å². The number of benzene rings is 2. The second-order valence-corrected chi connectivity index (χ2v) is 8.01. The van der Waals surface area contributed by atoms with E-state index in [-0.39, 0.29) is 30.7 Å². The predicted octanol–water partition coefficient (Wildman–Crippen LogP) is 2.51. The van der Waals surface area contributed by atoms with Gasteiger partial charge in [0.15, 0.2) is 0 Å². The maximum Gasteiger partial charge on any atom is 0.254 e. The maximum absolute atomic E-state index is 14.6. The molecule has 4 rings (SSSR count). The molecular formula is C24H27FN6O3. The molecule has 1 saturated heterocycles. The number of amides is 2. The summed E-state index contributed by atoms with van der Waals surface area (Å²) in [5.41, 5.74) is 0.989. The van der Waals surface area contributed by atoms with Gasteiger partial charge in [-0.1, -0.05) is 12.1 Å². The highest BCUT2D eigenvalue weighted by Gasteiger charge is 2.17. The van der Waals surface area contributed by atoms with Crippen molar-refractivity contribution in [2.75, 3.05) is 31.5 Å². The summed E-state index contributed by atoms with van der Waals surface area (Å²) in [6, 6.07) is 9.89. The van der Waals surface area contributed by atoms with Gasteiger partial charge in [-0.3, -0.25) is 9.59 Å². The highest BCUT2D eigenvalue weighted by atomic mass is 19.1. The number of nitrogens with one attached hydrogen (secondary N) is 4. The highest BCUT2D eigenvalue weighted by molar-refractivity contribution is 5.95. The minimum Gasteiger partial charge on any atom is -0.488 e. The Labute approximate surface area is 196 Å². The zero-order valence-electron chi connectivity index (χ0n) is 18.9. The molecule has 0 radical (unpaired) electrons. The van der Waals surface area contributed by atoms with Crippen molar-refractivity contribution in [3.63, 3.8) is 0 Å². The van der Waals surface area contributed by atoms with Gasteiger partial charge in [0, 0.05) is 37.3 Å². The second kappa shape index (κ2) is 10.9. The number of piperidine rings is 1. The summed E-state index contributed by atoms with van der Waals surface area (Å²) in [5, 5.41) is 12.3. The molecule has 0 bridgehead atoms. The molecule has 1 aromatic heterocycles. The number of carbonyl (C=O) groups is 2. The average Bonchev–Trinajstić information content (AvgIpc) is 2.83. The lowest BCUT2D eigenvalue weighted by atomic mass is 10.1. The molecule has 1 fully saturated rings. The van der Waals surface area contributed by atoms with Crippen molar-refractivity contribution in [1.29, 1.82) is 0 Å². The van der Waals surface area contributed by atoms with Crippen LogP contribution in [0.15, 0.2) is 42.6 Å². The van der Waals surface area contributed by atoms with Gasteiger partial charge >= 0.3 is 0 Å². The number of hydrogen-bond donors (Lipinski definition) is 4. The van der Waals surface area contributed by atoms with Crippen molar-refractivity contribution < 1.29 is 18.7 Å². The van der Waals surface area contributed by atoms with E-state index in [4.69, 9.17) is 4.74 Å². The largest absolute Gasteiger partial charge is 0.488 e. The van der Waals surface area contributed by atoms with Gasteiger partial charge in [0.05, 0.1) is 5.56 Å². The van der Waals surface area contributed by atoms with Crippen LogP contribution < -0.4 is 26.0 Å². The molecule has 0 aliphatic carbocycles. The number of anilines is 2. The van der Waals surface area contributed by atoms with Crippen LogP contribution >= 0.6 is 0 Å². The molecule has 3 aromatic rings. The van der Waals surface area contributed by atoms with Crippen LogP contribution in [0.5, 0.6) is 5.75 Å². The zero-order chi connectivity index (χ0) is 23.9. The second-order valence-electron chi connectivity index (χ2n) is 8.01. The summed E-state index contributed by atoms with van der Waals surface area (Å²) in [7, 11) is 0. The number of aromatic nitrogens is 2. The van der Waals surface area contributed by atoms with E-state index in [2.05, 4.69) is 31.2 Å². The molecular weight excluding hydrogens is 439 g/mol. The van der Waals surface area contributed by atoms with E-state index in [0.717, 1.165) is 31.3 Å². The number of fused-ring (bicyclic) bond motifs is 1. The molecule has 4 N–H and O–H groups in total. The van der Waals surface area contributed by atoms with E-state index >= 15 is 0 Å². The van der Waals surface area contributed by atoms with Crippen LogP contribution in [-0.2, 0) is 4.79 Å². The molecule has 2 amide bonds. The highest BCUT2D eigenvalue weighted by Crippen LogP contribution is 2.27. The summed E-state index contributed by atoms with van der Waals surface area (Å²) in [5.74, 6) is -0.460. The van der Waals surface area contributed by atoms with Crippen LogP contribution in [0.4, 0.5) is 16.0 Å². The molecule has 9 nitrogen and oxygen atoms in total. The number of para-hydroxylation sites is 1. The normalized spacial score (nSPS) is 13.9. The van der Waals surface area contributed by atoms with Crippen molar-refractivity contribution >= 4 is 34.4 Å². The Kier molecular flexibility index (Phi) is 7.48. The first kappa shape index (κ1) is 23.4. The van der Waals surface area contributed by atoms with Gasteiger partial charge in [-0.25, -0.2) is 14.4 Å². The zero-order valence-corrected chi connectivity index (χ0v) is 18.9. The molecule has 1 aliphatic rings. The van der Waals surface area contributed by atoms with Gasteiger partial charge in [-0.2, -0.15) is 0 Å². The fraction of sp³-hybridized carbons (Fsp3) is 0.333. The number of ether oxygens (including phenoxy) is 1. The Balaban J connectivity index is 1.45. The Hall–Kier alpha value is -3.79. The van der Waals surface area contributed by atoms with E-state index in [0.29, 0.717) is 22.9 Å². The lowest BCUT2D eigenvalue weighted by Gasteiger charge is -2.24. The van der Waals surface area contributed by atoms with E-state index in [1.807, 2.05) is 18.2 Å². The number of hydrogen-bond acceptors (Lipinski definition) is 7. The van der Waals surface area contributed by atoms with Crippen LogP contribution in [0.25, 0.3) is 10.9 Å². The first-order valence-electron chi connectivity index (χ1n) is 11.2. The monoisotopic (exact) mass is 466 g/mol. The Bertz CT molecular complexity index is 1180. The van der Waals surface area contributed by atoms with Crippen LogP contribution in [-0.4, -0.2) is 54.1 Å². The first-order chi connectivity index (χ1) is 16.5. The Morgan fingerprint density at radius 3 is 2.71 bits per heavy atom. The minimum absolute atomic E-state index is 0.0922. The fourth-order valence-corrected chi connectivity index (χ4v) is 3.69. The van der Waals surface area contributed by atoms with Crippen molar-refractivity contribution in [1.82, 2.24) is 25.9 Å². The van der Waals surface area contributed by atoms with Crippen LogP contribution in [0.2, 0.25) is 0 Å². The van der Waals surface area contributed by atoms with Gasteiger partial charge in [0.25, 0.3) is 5.91 Å². The molecule has 2 aromatic carbocycles.